The van der Waals surface area contributed by atoms with Crippen molar-refractivity contribution in [2.45, 2.75) is 33.1 Å². The van der Waals surface area contributed by atoms with Crippen molar-refractivity contribution in [1.29, 1.82) is 0 Å². The molecule has 0 saturated heterocycles. The van der Waals surface area contributed by atoms with E-state index in [-0.39, 0.29) is 34.4 Å². The molecule has 136 valence electrons. The lowest BCUT2D eigenvalue weighted by atomic mass is 9.44. The van der Waals surface area contributed by atoms with Gasteiger partial charge in [0.05, 0.1) is 11.3 Å². The van der Waals surface area contributed by atoms with E-state index >= 15 is 0 Å². The predicted molar refractivity (Wildman–Crippen MR) is 99.2 cm³/mol. The quantitative estimate of drug-likeness (QED) is 0.653. The Morgan fingerprint density at radius 1 is 1.35 bits per heavy atom. The zero-order valence-corrected chi connectivity index (χ0v) is 15.2. The number of carbonyl (C=O) groups is 3. The molecular weight excluding hydrogens is 328 g/mol. The minimum absolute atomic E-state index is 0.0506. The van der Waals surface area contributed by atoms with Crippen LogP contribution in [0, 0.1) is 22.7 Å². The van der Waals surface area contributed by atoms with E-state index in [1.807, 2.05) is 0 Å². The molecule has 1 aromatic carbocycles. The van der Waals surface area contributed by atoms with E-state index in [4.69, 9.17) is 0 Å². The summed E-state index contributed by atoms with van der Waals surface area (Å²) in [4.78, 5) is 39.2. The first-order chi connectivity index (χ1) is 12.2. The number of hydrogen-bond acceptors (Lipinski definition) is 4. The van der Waals surface area contributed by atoms with Gasteiger partial charge in [-0.3, -0.25) is 9.59 Å². The fraction of sp³-hybridized carbons (Fsp3) is 0.409. The van der Waals surface area contributed by atoms with Gasteiger partial charge in [0, 0.05) is 16.5 Å². The van der Waals surface area contributed by atoms with Crippen molar-refractivity contribution < 1.29 is 19.5 Å². The average Bonchev–Trinajstić information content (AvgIpc) is 2.61. The van der Waals surface area contributed by atoms with Crippen molar-refractivity contribution in [3.05, 3.63) is 54.1 Å². The first-order valence-corrected chi connectivity index (χ1v) is 8.89. The molecule has 3 unspecified atom stereocenters. The van der Waals surface area contributed by atoms with Crippen molar-refractivity contribution in [3.63, 3.8) is 0 Å². The number of allylic oxidation sites excluding steroid dienone is 2. The number of aldehydes is 1. The van der Waals surface area contributed by atoms with Crippen LogP contribution in [-0.4, -0.2) is 23.0 Å². The van der Waals surface area contributed by atoms with E-state index in [1.165, 1.54) is 18.2 Å². The van der Waals surface area contributed by atoms with Crippen LogP contribution >= 0.6 is 0 Å². The van der Waals surface area contributed by atoms with Crippen molar-refractivity contribution in [3.8, 4) is 5.75 Å². The normalized spacial score (nSPS) is 33.2. The maximum Gasteiger partial charge on any atom is 0.174 e. The molecule has 0 aromatic heterocycles. The largest absolute Gasteiger partial charge is 0.508 e. The number of phenolic OH excluding ortho intramolecular Hbond substituents is 1. The van der Waals surface area contributed by atoms with Crippen molar-refractivity contribution in [2.24, 2.45) is 22.7 Å². The summed E-state index contributed by atoms with van der Waals surface area (Å²) in [6.45, 7) is 11.3. The van der Waals surface area contributed by atoms with Gasteiger partial charge in [0.15, 0.2) is 11.6 Å². The van der Waals surface area contributed by atoms with Crippen LogP contribution < -0.4 is 0 Å². The number of fused-ring (bicyclic) bond motifs is 2. The zero-order chi connectivity index (χ0) is 19.3. The lowest BCUT2D eigenvalue weighted by molar-refractivity contribution is -0.126. The van der Waals surface area contributed by atoms with E-state index in [1.54, 1.807) is 19.9 Å². The zero-order valence-electron chi connectivity index (χ0n) is 15.2. The van der Waals surface area contributed by atoms with E-state index in [0.29, 0.717) is 24.8 Å². The fourth-order valence-corrected chi connectivity index (χ4v) is 5.10. The molecule has 0 aliphatic heterocycles. The minimum atomic E-state index is -1.11. The predicted octanol–water partition coefficient (Wildman–Crippen LogP) is 4.14. The summed E-state index contributed by atoms with van der Waals surface area (Å²) in [5, 5.41) is 9.82. The Labute approximate surface area is 153 Å². The number of phenols is 1. The molecule has 1 aromatic rings. The van der Waals surface area contributed by atoms with Crippen molar-refractivity contribution in [2.75, 3.05) is 0 Å². The molecule has 0 radical (unpaired) electrons. The Bertz CT molecular complexity index is 837. The third-order valence-electron chi connectivity index (χ3n) is 6.53. The van der Waals surface area contributed by atoms with Gasteiger partial charge in [-0.05, 0) is 50.3 Å². The maximum atomic E-state index is 13.5. The van der Waals surface area contributed by atoms with E-state index < -0.39 is 16.7 Å². The van der Waals surface area contributed by atoms with Gasteiger partial charge in [-0.2, -0.15) is 0 Å². The highest BCUT2D eigenvalue weighted by atomic mass is 16.3. The molecule has 1 N–H and O–H groups in total. The first kappa shape index (κ1) is 18.3. The van der Waals surface area contributed by atoms with Crippen LogP contribution in [0.25, 0.3) is 0 Å². The molecule has 0 bridgehead atoms. The lowest BCUT2D eigenvalue weighted by Crippen LogP contribution is -2.60. The van der Waals surface area contributed by atoms with E-state index in [2.05, 4.69) is 13.2 Å². The number of rotatable bonds is 4. The standard InChI is InChI=1S/C22H24O4/c1-5-6-14-9-10-22(13(2)3)19(21(14,4)12-23)18(25)16-8-7-15(24)11-17(16)20(22)26/h5,7-8,11-12,14,19,24H,1-2,6,9-10H2,3-4H3/t14?,19-,21?,22?/m0/s1. The van der Waals surface area contributed by atoms with Gasteiger partial charge in [-0.15, -0.1) is 6.58 Å². The van der Waals surface area contributed by atoms with Crippen LogP contribution in [0.5, 0.6) is 5.75 Å². The summed E-state index contributed by atoms with van der Waals surface area (Å²) >= 11 is 0. The molecule has 0 amide bonds. The summed E-state index contributed by atoms with van der Waals surface area (Å²) in [6.07, 6.45) is 4.33. The minimum Gasteiger partial charge on any atom is -0.508 e. The highest BCUT2D eigenvalue weighted by Gasteiger charge is 2.64. The maximum absolute atomic E-state index is 13.5. The number of Topliss-reactive ketones (excluding diaryl/α,β-unsaturated/α-hetero) is 2. The summed E-state index contributed by atoms with van der Waals surface area (Å²) in [7, 11) is 0. The highest BCUT2D eigenvalue weighted by Crippen LogP contribution is 2.61. The molecule has 1 fully saturated rings. The van der Waals surface area contributed by atoms with Gasteiger partial charge in [-0.1, -0.05) is 25.2 Å². The van der Waals surface area contributed by atoms with E-state index in [0.717, 1.165) is 6.29 Å². The lowest BCUT2D eigenvalue weighted by Gasteiger charge is -2.55. The number of hydrogen-bond donors (Lipinski definition) is 1. The first-order valence-electron chi connectivity index (χ1n) is 8.89. The average molecular weight is 352 g/mol. The molecular formula is C22H24O4. The Kier molecular flexibility index (Phi) is 4.26. The third-order valence-corrected chi connectivity index (χ3v) is 6.53. The second-order valence-electron chi connectivity index (χ2n) is 7.85. The number of carbonyl (C=O) groups excluding carboxylic acids is 3. The Hall–Kier alpha value is -2.49. The van der Waals surface area contributed by atoms with Crippen molar-refractivity contribution >= 4 is 17.9 Å². The van der Waals surface area contributed by atoms with Crippen LogP contribution in [-0.2, 0) is 4.79 Å². The second-order valence-corrected chi connectivity index (χ2v) is 7.85. The molecule has 26 heavy (non-hydrogen) atoms. The number of aromatic hydroxyl groups is 1. The number of ketones is 2. The number of benzene rings is 1. The van der Waals surface area contributed by atoms with Crippen LogP contribution in [0.15, 0.2) is 43.0 Å². The smallest absolute Gasteiger partial charge is 0.174 e. The Balaban J connectivity index is 2.31. The molecule has 3 rings (SSSR count). The molecule has 4 nitrogen and oxygen atoms in total. The summed E-state index contributed by atoms with van der Waals surface area (Å²) in [5.41, 5.74) is -0.981. The van der Waals surface area contributed by atoms with Crippen LogP contribution in [0.3, 0.4) is 0 Å². The van der Waals surface area contributed by atoms with E-state index in [9.17, 15) is 19.5 Å². The van der Waals surface area contributed by atoms with Gasteiger partial charge in [-0.25, -0.2) is 0 Å². The van der Waals surface area contributed by atoms with Crippen LogP contribution in [0.4, 0.5) is 0 Å². The van der Waals surface area contributed by atoms with Crippen LogP contribution in [0.1, 0.15) is 53.8 Å². The molecule has 4 atom stereocenters. The summed E-state index contributed by atoms with van der Waals surface area (Å²) in [6, 6.07) is 4.24. The van der Waals surface area contributed by atoms with Gasteiger partial charge >= 0.3 is 0 Å². The fourth-order valence-electron chi connectivity index (χ4n) is 5.10. The van der Waals surface area contributed by atoms with Gasteiger partial charge in [0.1, 0.15) is 12.0 Å². The van der Waals surface area contributed by atoms with Gasteiger partial charge < -0.3 is 9.90 Å². The Morgan fingerprint density at radius 2 is 2.04 bits per heavy atom. The Morgan fingerprint density at radius 3 is 2.62 bits per heavy atom. The van der Waals surface area contributed by atoms with Crippen molar-refractivity contribution in [1.82, 2.24) is 0 Å². The molecule has 2 aliphatic carbocycles. The van der Waals surface area contributed by atoms with Gasteiger partial charge in [0.25, 0.3) is 0 Å². The molecule has 4 heteroatoms. The molecule has 1 saturated carbocycles. The highest BCUT2D eigenvalue weighted by molar-refractivity contribution is 6.20. The summed E-state index contributed by atoms with van der Waals surface area (Å²) < 4.78 is 0. The molecule has 0 heterocycles. The molecule has 0 spiro atoms. The topological polar surface area (TPSA) is 71.4 Å². The monoisotopic (exact) mass is 352 g/mol. The third kappa shape index (κ3) is 2.17. The molecule has 2 aliphatic rings. The second kappa shape index (κ2) is 6.04. The SMILES string of the molecule is C=CCC1CCC2(C(=C)C)C(=O)c3cc(O)ccc3C(=O)[C@H]2C1(C)C=O. The van der Waals surface area contributed by atoms with Gasteiger partial charge in [0.2, 0.25) is 0 Å². The summed E-state index contributed by atoms with van der Waals surface area (Å²) in [5.74, 6) is -1.33. The van der Waals surface area contributed by atoms with Crippen LogP contribution in [0.2, 0.25) is 0 Å².